The molecule has 0 aliphatic carbocycles. The Morgan fingerprint density at radius 1 is 1.26 bits per heavy atom. The van der Waals surface area contributed by atoms with E-state index in [9.17, 15) is 4.79 Å². The number of allylic oxidation sites excluding steroid dienone is 1. The number of ether oxygens (including phenoxy) is 1. The number of methoxy groups -OCH3 is 1. The van der Waals surface area contributed by atoms with Crippen LogP contribution in [0.5, 0.6) is 0 Å². The van der Waals surface area contributed by atoms with Crippen LogP contribution in [0, 0.1) is 6.92 Å². The molecule has 0 unspecified atom stereocenters. The second kappa shape index (κ2) is 20.3. The van der Waals surface area contributed by atoms with Crippen molar-refractivity contribution >= 4 is 6.41 Å². The lowest BCUT2D eigenvalue weighted by molar-refractivity contribution is -0.109. The number of nitrogens with two attached hydrogens (primary N) is 1. The zero-order valence-electron chi connectivity index (χ0n) is 15.8. The molecular weight excluding hydrogens is 288 g/mol. The number of carbonyl (C=O) groups excluding carboxylic acids is 1. The fraction of sp³-hybridized carbons (Fsp3) is 0.526. The number of amides is 1. The average molecular weight is 325 g/mol. The minimum atomic E-state index is 0.0417. The maximum atomic E-state index is 9.53. The number of hydrogen-bond donors (Lipinski definition) is 2. The number of benzene rings is 1. The van der Waals surface area contributed by atoms with Gasteiger partial charge < -0.3 is 15.8 Å². The Labute approximate surface area is 143 Å². The van der Waals surface area contributed by atoms with E-state index in [4.69, 9.17) is 10.5 Å². The van der Waals surface area contributed by atoms with Crippen LogP contribution < -0.4 is 11.1 Å². The Kier molecular flexibility index (Phi) is 23.2. The maximum absolute atomic E-state index is 9.53. The molecule has 0 saturated heterocycles. The Balaban J connectivity index is -0.000000241. The van der Waals surface area contributed by atoms with Crippen LogP contribution in [0.1, 0.15) is 39.7 Å². The van der Waals surface area contributed by atoms with Crippen LogP contribution in [-0.4, -0.2) is 32.2 Å². The standard InChI is InChI=1S/C7H8.C5H12O.C4H10N2O.C3H6/c1-7-5-3-2-4-6-7;1-5(2,3)6-4;5-2-1-3-6-4-7;1-3-2/h2-6H,1H3;1-4H3;4H,1-3,5H2,(H,6,7);3H,1H2,2H3. The van der Waals surface area contributed by atoms with E-state index in [0.717, 1.165) is 6.42 Å². The summed E-state index contributed by atoms with van der Waals surface area (Å²) >= 11 is 0. The second-order valence-corrected chi connectivity index (χ2v) is 5.59. The van der Waals surface area contributed by atoms with Gasteiger partial charge in [-0.25, -0.2) is 0 Å². The van der Waals surface area contributed by atoms with Gasteiger partial charge in [-0.15, -0.1) is 6.58 Å². The van der Waals surface area contributed by atoms with Gasteiger partial charge in [0.05, 0.1) is 5.60 Å². The molecule has 1 amide bonds. The first-order valence-electron chi connectivity index (χ1n) is 7.79. The van der Waals surface area contributed by atoms with E-state index in [1.165, 1.54) is 5.56 Å². The molecule has 1 rings (SSSR count). The first kappa shape index (κ1) is 26.3. The summed E-state index contributed by atoms with van der Waals surface area (Å²) in [4.78, 5) is 9.53. The van der Waals surface area contributed by atoms with Gasteiger partial charge in [-0.2, -0.15) is 0 Å². The van der Waals surface area contributed by atoms with Gasteiger partial charge in [-0.3, -0.25) is 4.79 Å². The van der Waals surface area contributed by atoms with Gasteiger partial charge in [0, 0.05) is 13.7 Å². The summed E-state index contributed by atoms with van der Waals surface area (Å²) in [5, 5.41) is 2.49. The van der Waals surface area contributed by atoms with Crippen molar-refractivity contribution in [1.29, 1.82) is 0 Å². The van der Waals surface area contributed by atoms with Crippen molar-refractivity contribution in [2.75, 3.05) is 20.2 Å². The molecule has 23 heavy (non-hydrogen) atoms. The highest BCUT2D eigenvalue weighted by Gasteiger charge is 2.03. The van der Waals surface area contributed by atoms with Crippen LogP contribution >= 0.6 is 0 Å². The van der Waals surface area contributed by atoms with Crippen LogP contribution in [0.25, 0.3) is 0 Å². The lowest BCUT2D eigenvalue weighted by Gasteiger charge is -2.14. The quantitative estimate of drug-likeness (QED) is 0.504. The van der Waals surface area contributed by atoms with Gasteiger partial charge in [0.2, 0.25) is 6.41 Å². The zero-order valence-corrected chi connectivity index (χ0v) is 15.8. The highest BCUT2D eigenvalue weighted by molar-refractivity contribution is 5.45. The Morgan fingerprint density at radius 2 is 1.70 bits per heavy atom. The molecule has 0 heterocycles. The highest BCUT2D eigenvalue weighted by Crippen LogP contribution is 2.02. The van der Waals surface area contributed by atoms with E-state index < -0.39 is 0 Å². The van der Waals surface area contributed by atoms with Crippen molar-refractivity contribution in [3.8, 4) is 0 Å². The molecule has 0 aliphatic heterocycles. The van der Waals surface area contributed by atoms with Crippen LogP contribution in [0.3, 0.4) is 0 Å². The van der Waals surface area contributed by atoms with Gasteiger partial charge in [-0.05, 0) is 47.6 Å². The predicted molar refractivity (Wildman–Crippen MR) is 102 cm³/mol. The number of hydrogen-bond acceptors (Lipinski definition) is 3. The first-order chi connectivity index (χ1) is 10.8. The fourth-order valence-corrected chi connectivity index (χ4v) is 0.797. The molecule has 4 heteroatoms. The van der Waals surface area contributed by atoms with E-state index in [1.807, 2.05) is 45.9 Å². The highest BCUT2D eigenvalue weighted by atomic mass is 16.5. The first-order valence-corrected chi connectivity index (χ1v) is 7.79. The summed E-state index contributed by atoms with van der Waals surface area (Å²) in [5.74, 6) is 0. The van der Waals surface area contributed by atoms with E-state index >= 15 is 0 Å². The Bertz CT molecular complexity index is 346. The van der Waals surface area contributed by atoms with E-state index in [-0.39, 0.29) is 5.60 Å². The van der Waals surface area contributed by atoms with Crippen molar-refractivity contribution in [2.45, 2.75) is 46.6 Å². The normalized spacial score (nSPS) is 8.83. The number of carbonyl (C=O) groups is 1. The van der Waals surface area contributed by atoms with Gasteiger partial charge in [0.1, 0.15) is 0 Å². The molecule has 0 fully saturated rings. The van der Waals surface area contributed by atoms with Gasteiger partial charge in [0.25, 0.3) is 0 Å². The molecule has 0 radical (unpaired) electrons. The summed E-state index contributed by atoms with van der Waals surface area (Å²) in [6.45, 7) is 14.7. The van der Waals surface area contributed by atoms with E-state index in [1.54, 1.807) is 13.2 Å². The monoisotopic (exact) mass is 324 g/mol. The molecule has 0 bridgehead atoms. The number of nitrogens with one attached hydrogen (secondary N) is 1. The minimum absolute atomic E-state index is 0.0417. The SMILES string of the molecule is C=CC.COC(C)(C)C.Cc1ccccc1.NCCCNC=O. The topological polar surface area (TPSA) is 64.3 Å². The van der Waals surface area contributed by atoms with Crippen LogP contribution in [0.4, 0.5) is 0 Å². The number of aryl methyl sites for hydroxylation is 1. The Hall–Kier alpha value is -1.65. The molecule has 0 aliphatic rings. The molecule has 0 spiro atoms. The van der Waals surface area contributed by atoms with Crippen molar-refractivity contribution in [3.63, 3.8) is 0 Å². The van der Waals surface area contributed by atoms with Gasteiger partial charge >= 0.3 is 0 Å². The Morgan fingerprint density at radius 3 is 1.91 bits per heavy atom. The summed E-state index contributed by atoms with van der Waals surface area (Å²) in [5.41, 5.74) is 6.48. The molecule has 4 nitrogen and oxygen atoms in total. The van der Waals surface area contributed by atoms with Crippen molar-refractivity contribution in [2.24, 2.45) is 5.73 Å². The average Bonchev–Trinajstić information content (AvgIpc) is 2.50. The lowest BCUT2D eigenvalue weighted by Crippen LogP contribution is -2.15. The molecule has 0 atom stereocenters. The summed E-state index contributed by atoms with van der Waals surface area (Å²) < 4.78 is 4.94. The van der Waals surface area contributed by atoms with Gasteiger partial charge in [-0.1, -0.05) is 42.0 Å². The number of rotatable bonds is 4. The minimum Gasteiger partial charge on any atom is -0.379 e. The summed E-state index contributed by atoms with van der Waals surface area (Å²) in [6, 6.07) is 10.3. The third kappa shape index (κ3) is 38.4. The maximum Gasteiger partial charge on any atom is 0.207 e. The molecule has 0 saturated carbocycles. The fourth-order valence-electron chi connectivity index (χ4n) is 0.797. The zero-order chi connectivity index (χ0) is 18.6. The third-order valence-electron chi connectivity index (χ3n) is 2.16. The van der Waals surface area contributed by atoms with E-state index in [0.29, 0.717) is 19.5 Å². The van der Waals surface area contributed by atoms with Crippen LogP contribution in [0.2, 0.25) is 0 Å². The second-order valence-electron chi connectivity index (χ2n) is 5.59. The molecule has 134 valence electrons. The molecule has 3 N–H and O–H groups in total. The van der Waals surface area contributed by atoms with Crippen molar-refractivity contribution in [3.05, 3.63) is 48.6 Å². The van der Waals surface area contributed by atoms with Gasteiger partial charge in [0.15, 0.2) is 0 Å². The molecular formula is C19H36N2O2. The summed E-state index contributed by atoms with van der Waals surface area (Å²) in [6.07, 6.45) is 3.29. The van der Waals surface area contributed by atoms with Crippen molar-refractivity contribution in [1.82, 2.24) is 5.32 Å². The van der Waals surface area contributed by atoms with Crippen molar-refractivity contribution < 1.29 is 9.53 Å². The van der Waals surface area contributed by atoms with Crippen LogP contribution in [0.15, 0.2) is 43.0 Å². The molecule has 1 aromatic rings. The molecule has 1 aromatic carbocycles. The summed E-state index contributed by atoms with van der Waals surface area (Å²) in [7, 11) is 1.71. The third-order valence-corrected chi connectivity index (χ3v) is 2.16. The van der Waals surface area contributed by atoms with E-state index in [2.05, 4.69) is 31.0 Å². The van der Waals surface area contributed by atoms with Crippen LogP contribution in [-0.2, 0) is 9.53 Å². The molecule has 0 aromatic heterocycles. The lowest BCUT2D eigenvalue weighted by atomic mass is 10.2. The predicted octanol–water partition coefficient (Wildman–Crippen LogP) is 3.70. The largest absolute Gasteiger partial charge is 0.379 e. The smallest absolute Gasteiger partial charge is 0.207 e.